The molecule has 3 aromatic rings. The summed E-state index contributed by atoms with van der Waals surface area (Å²) in [6.07, 6.45) is 1.35. The molecule has 0 saturated carbocycles. The highest BCUT2D eigenvalue weighted by molar-refractivity contribution is 6.37. The van der Waals surface area contributed by atoms with Crippen molar-refractivity contribution in [1.29, 1.82) is 0 Å². The SMILES string of the molecule is O=C1N/C(=C/c2ccc(-c3cc([N+](=O)[O-])c(Cl)cc3Cl)o2)C(=O)N1c1ccc(Cl)cc1. The molecule has 0 radical (unpaired) electrons. The van der Waals surface area contributed by atoms with Crippen molar-refractivity contribution in [2.24, 2.45) is 0 Å². The standard InChI is InChI=1S/C20H10Cl3N3O5/c21-10-1-3-11(4-2-10)25-19(27)16(24-20(25)28)7-12-5-6-18(31-12)13-8-17(26(29)30)15(23)9-14(13)22/h1-9H,(H,24,28)/b16-7+. The van der Waals surface area contributed by atoms with Gasteiger partial charge >= 0.3 is 6.03 Å². The van der Waals surface area contributed by atoms with Crippen LogP contribution in [-0.4, -0.2) is 16.9 Å². The summed E-state index contributed by atoms with van der Waals surface area (Å²) in [6.45, 7) is 0. The number of urea groups is 1. The summed E-state index contributed by atoms with van der Waals surface area (Å²) in [6, 6.07) is 11.1. The third-order valence-electron chi connectivity index (χ3n) is 4.38. The van der Waals surface area contributed by atoms with Crippen LogP contribution in [0.5, 0.6) is 0 Å². The number of anilines is 1. The predicted octanol–water partition coefficient (Wildman–Crippen LogP) is 5.91. The number of benzene rings is 2. The van der Waals surface area contributed by atoms with E-state index >= 15 is 0 Å². The van der Waals surface area contributed by atoms with Crippen molar-refractivity contribution in [3.63, 3.8) is 0 Å². The molecule has 0 aliphatic carbocycles. The lowest BCUT2D eigenvalue weighted by atomic mass is 10.1. The number of rotatable bonds is 4. The van der Waals surface area contributed by atoms with Gasteiger partial charge in [0.15, 0.2) is 0 Å². The van der Waals surface area contributed by atoms with E-state index in [2.05, 4.69) is 5.32 Å². The van der Waals surface area contributed by atoms with Gasteiger partial charge in [0.05, 0.1) is 15.6 Å². The Morgan fingerprint density at radius 2 is 1.71 bits per heavy atom. The normalized spacial score (nSPS) is 14.9. The van der Waals surface area contributed by atoms with Crippen LogP contribution in [0.1, 0.15) is 5.76 Å². The number of nitrogens with zero attached hydrogens (tertiary/aromatic N) is 2. The molecule has 0 atom stereocenters. The Balaban J connectivity index is 1.64. The highest BCUT2D eigenvalue weighted by Crippen LogP contribution is 2.37. The fraction of sp³-hybridized carbons (Fsp3) is 0. The molecule has 156 valence electrons. The summed E-state index contributed by atoms with van der Waals surface area (Å²) in [4.78, 5) is 36.4. The van der Waals surface area contributed by atoms with E-state index in [1.165, 1.54) is 30.3 Å². The lowest BCUT2D eigenvalue weighted by Crippen LogP contribution is -2.30. The fourth-order valence-corrected chi connectivity index (χ4v) is 3.61. The zero-order valence-electron chi connectivity index (χ0n) is 15.3. The van der Waals surface area contributed by atoms with Gasteiger partial charge in [-0.3, -0.25) is 14.9 Å². The quantitative estimate of drug-likeness (QED) is 0.217. The lowest BCUT2D eigenvalue weighted by Gasteiger charge is -2.11. The van der Waals surface area contributed by atoms with E-state index in [4.69, 9.17) is 39.2 Å². The molecule has 11 heteroatoms. The fourth-order valence-electron chi connectivity index (χ4n) is 2.94. The van der Waals surface area contributed by atoms with Gasteiger partial charge in [-0.25, -0.2) is 9.69 Å². The first-order chi connectivity index (χ1) is 14.7. The average Bonchev–Trinajstić information content (AvgIpc) is 3.27. The Hall–Kier alpha value is -3.33. The molecule has 1 N–H and O–H groups in total. The molecule has 0 bridgehead atoms. The number of halogens is 3. The van der Waals surface area contributed by atoms with Gasteiger partial charge in [-0.05, 0) is 42.5 Å². The van der Waals surface area contributed by atoms with Gasteiger partial charge in [0.1, 0.15) is 22.2 Å². The summed E-state index contributed by atoms with van der Waals surface area (Å²) >= 11 is 17.8. The molecule has 1 aliphatic rings. The molecule has 1 saturated heterocycles. The van der Waals surface area contributed by atoms with Gasteiger partial charge in [0.2, 0.25) is 0 Å². The second-order valence-electron chi connectivity index (χ2n) is 6.35. The molecule has 2 aromatic carbocycles. The number of carbonyl (C=O) groups is 2. The average molecular weight is 479 g/mol. The van der Waals surface area contributed by atoms with Crippen LogP contribution in [0, 0.1) is 10.1 Å². The van der Waals surface area contributed by atoms with Gasteiger partial charge in [-0.2, -0.15) is 0 Å². The molecule has 2 heterocycles. The van der Waals surface area contributed by atoms with E-state index in [1.807, 2.05) is 0 Å². The molecule has 1 aliphatic heterocycles. The third kappa shape index (κ3) is 4.00. The lowest BCUT2D eigenvalue weighted by molar-refractivity contribution is -0.384. The van der Waals surface area contributed by atoms with Gasteiger partial charge in [0, 0.05) is 22.7 Å². The monoisotopic (exact) mass is 477 g/mol. The van der Waals surface area contributed by atoms with Crippen LogP contribution in [0.4, 0.5) is 16.2 Å². The van der Waals surface area contributed by atoms with Crippen LogP contribution in [0.3, 0.4) is 0 Å². The molecular weight excluding hydrogens is 469 g/mol. The van der Waals surface area contributed by atoms with Gasteiger partial charge in [0.25, 0.3) is 11.6 Å². The summed E-state index contributed by atoms with van der Waals surface area (Å²) in [5, 5.41) is 14.1. The number of carbonyl (C=O) groups excluding carboxylic acids is 2. The number of hydrogen-bond donors (Lipinski definition) is 1. The van der Waals surface area contributed by atoms with Crippen molar-refractivity contribution >= 4 is 64.2 Å². The second-order valence-corrected chi connectivity index (χ2v) is 7.60. The van der Waals surface area contributed by atoms with Crippen molar-refractivity contribution in [1.82, 2.24) is 5.32 Å². The maximum absolute atomic E-state index is 12.7. The highest BCUT2D eigenvalue weighted by Gasteiger charge is 2.35. The molecule has 0 unspecified atom stereocenters. The third-order valence-corrected chi connectivity index (χ3v) is 5.24. The summed E-state index contributed by atoms with van der Waals surface area (Å²) < 4.78 is 5.66. The van der Waals surface area contributed by atoms with Crippen molar-refractivity contribution in [2.75, 3.05) is 4.90 Å². The molecule has 1 aromatic heterocycles. The molecule has 3 amide bonds. The molecule has 31 heavy (non-hydrogen) atoms. The largest absolute Gasteiger partial charge is 0.457 e. The maximum atomic E-state index is 12.7. The minimum atomic E-state index is -0.633. The van der Waals surface area contributed by atoms with Crippen LogP contribution in [0.2, 0.25) is 15.1 Å². The Bertz CT molecular complexity index is 1270. The van der Waals surface area contributed by atoms with Crippen molar-refractivity contribution in [3.8, 4) is 11.3 Å². The van der Waals surface area contributed by atoms with Crippen LogP contribution in [0.15, 0.2) is 58.6 Å². The first-order valence-corrected chi connectivity index (χ1v) is 9.74. The second kappa shape index (κ2) is 8.07. The predicted molar refractivity (Wildman–Crippen MR) is 116 cm³/mol. The van der Waals surface area contributed by atoms with Crippen LogP contribution < -0.4 is 10.2 Å². The van der Waals surface area contributed by atoms with Crippen molar-refractivity contribution < 1.29 is 18.9 Å². The number of hydrogen-bond acceptors (Lipinski definition) is 5. The first-order valence-electron chi connectivity index (χ1n) is 8.61. The molecule has 8 nitrogen and oxygen atoms in total. The minimum absolute atomic E-state index is 0.00552. The number of imide groups is 1. The zero-order chi connectivity index (χ0) is 22.3. The van der Waals surface area contributed by atoms with E-state index in [1.54, 1.807) is 24.3 Å². The Morgan fingerprint density at radius 3 is 2.39 bits per heavy atom. The van der Waals surface area contributed by atoms with E-state index < -0.39 is 16.9 Å². The van der Waals surface area contributed by atoms with Crippen molar-refractivity contribution in [2.45, 2.75) is 0 Å². The number of nitrogens with one attached hydrogen (secondary N) is 1. The van der Waals surface area contributed by atoms with E-state index in [0.29, 0.717) is 10.7 Å². The molecule has 0 spiro atoms. The van der Waals surface area contributed by atoms with Gasteiger partial charge in [-0.15, -0.1) is 0 Å². The summed E-state index contributed by atoms with van der Waals surface area (Å²) in [5.41, 5.74) is 0.283. The number of amides is 3. The maximum Gasteiger partial charge on any atom is 0.333 e. The summed E-state index contributed by atoms with van der Waals surface area (Å²) in [5.74, 6) is -0.126. The first kappa shape index (κ1) is 20.9. The Labute approximate surface area is 189 Å². The highest BCUT2D eigenvalue weighted by atomic mass is 35.5. The van der Waals surface area contributed by atoms with Crippen LogP contribution in [-0.2, 0) is 4.79 Å². The molecule has 1 fully saturated rings. The smallest absolute Gasteiger partial charge is 0.333 e. The van der Waals surface area contributed by atoms with Crippen LogP contribution in [0.25, 0.3) is 17.4 Å². The van der Waals surface area contributed by atoms with Gasteiger partial charge < -0.3 is 9.73 Å². The number of furan rings is 1. The summed E-state index contributed by atoms with van der Waals surface area (Å²) in [7, 11) is 0. The minimum Gasteiger partial charge on any atom is -0.457 e. The van der Waals surface area contributed by atoms with E-state index in [9.17, 15) is 19.7 Å². The van der Waals surface area contributed by atoms with E-state index in [0.717, 1.165) is 4.90 Å². The Morgan fingerprint density at radius 1 is 1.00 bits per heavy atom. The molecular formula is C20H10Cl3N3O5. The molecule has 4 rings (SSSR count). The topological polar surface area (TPSA) is 106 Å². The number of nitro groups is 1. The Kier molecular flexibility index (Phi) is 5.45. The van der Waals surface area contributed by atoms with Gasteiger partial charge in [-0.1, -0.05) is 34.8 Å². The van der Waals surface area contributed by atoms with Crippen LogP contribution >= 0.6 is 34.8 Å². The van der Waals surface area contributed by atoms with E-state index in [-0.39, 0.29) is 38.5 Å². The number of nitro benzene ring substituents is 1. The van der Waals surface area contributed by atoms with Crippen molar-refractivity contribution in [3.05, 3.63) is 85.2 Å². The zero-order valence-corrected chi connectivity index (χ0v) is 17.5.